The predicted octanol–water partition coefficient (Wildman–Crippen LogP) is 3.67. The number of nitrogens with one attached hydrogen (secondary N) is 2. The third kappa shape index (κ3) is 5.30. The molecule has 8 heteroatoms. The Balaban J connectivity index is 1.86. The van der Waals surface area contributed by atoms with Crippen molar-refractivity contribution in [2.45, 2.75) is 43.1 Å². The van der Waals surface area contributed by atoms with E-state index in [1.807, 2.05) is 6.07 Å². The fourth-order valence-electron chi connectivity index (χ4n) is 3.16. The molecule has 0 heterocycles. The molecule has 30 heavy (non-hydrogen) atoms. The van der Waals surface area contributed by atoms with Gasteiger partial charge in [0.15, 0.2) is 0 Å². The second kappa shape index (κ2) is 8.76. The molecule has 0 unspecified atom stereocenters. The first-order valence-electron chi connectivity index (χ1n) is 9.50. The first kappa shape index (κ1) is 21.7. The highest BCUT2D eigenvalue weighted by atomic mass is 19.4. The molecule has 1 fully saturated rings. The lowest BCUT2D eigenvalue weighted by Crippen LogP contribution is -2.52. The Bertz CT molecular complexity index is 904. The fraction of sp³-hybridized carbons (Fsp3) is 0.364. The first-order chi connectivity index (χ1) is 14.3. The van der Waals surface area contributed by atoms with Crippen molar-refractivity contribution in [3.8, 4) is 11.8 Å². The van der Waals surface area contributed by atoms with Gasteiger partial charge in [0, 0.05) is 0 Å². The number of hydrogen-bond acceptors (Lipinski definition) is 4. The van der Waals surface area contributed by atoms with Crippen molar-refractivity contribution in [1.29, 1.82) is 5.26 Å². The lowest BCUT2D eigenvalue weighted by Gasteiger charge is -2.28. The summed E-state index contributed by atoms with van der Waals surface area (Å²) in [5.74, 6) is -0.0263. The molecule has 158 valence electrons. The number of hydrogen-bond donors (Lipinski definition) is 2. The number of carbonyl (C=O) groups is 1. The average molecular weight is 417 g/mol. The number of methoxy groups -OCH3 is 1. The summed E-state index contributed by atoms with van der Waals surface area (Å²) in [6.45, 7) is 0. The van der Waals surface area contributed by atoms with Gasteiger partial charge in [-0.15, -0.1) is 0 Å². The molecule has 1 saturated carbocycles. The molecule has 0 bridgehead atoms. The second-order valence-electron chi connectivity index (χ2n) is 7.34. The van der Waals surface area contributed by atoms with Gasteiger partial charge in [0.1, 0.15) is 17.3 Å². The van der Waals surface area contributed by atoms with E-state index in [1.54, 1.807) is 30.3 Å². The molecule has 0 aliphatic heterocycles. The highest BCUT2D eigenvalue weighted by molar-refractivity contribution is 5.83. The van der Waals surface area contributed by atoms with Crippen LogP contribution in [0.5, 0.6) is 5.75 Å². The summed E-state index contributed by atoms with van der Waals surface area (Å²) in [4.78, 5) is 12.9. The number of benzene rings is 2. The van der Waals surface area contributed by atoms with E-state index in [9.17, 15) is 23.2 Å². The summed E-state index contributed by atoms with van der Waals surface area (Å²) >= 11 is 0. The zero-order valence-corrected chi connectivity index (χ0v) is 16.4. The van der Waals surface area contributed by atoms with Gasteiger partial charge in [-0.3, -0.25) is 10.1 Å². The van der Waals surface area contributed by atoms with Gasteiger partial charge in [0.2, 0.25) is 5.91 Å². The van der Waals surface area contributed by atoms with Crippen molar-refractivity contribution in [2.75, 3.05) is 7.11 Å². The molecule has 0 radical (unpaired) electrons. The molecule has 2 aromatic rings. The Hall–Kier alpha value is -3.05. The number of amides is 1. The number of carbonyl (C=O) groups excluding carboxylic acids is 1. The molecule has 0 aromatic heterocycles. The van der Waals surface area contributed by atoms with E-state index in [2.05, 4.69) is 10.6 Å². The lowest BCUT2D eigenvalue weighted by atomic mass is 10.0. The summed E-state index contributed by atoms with van der Waals surface area (Å²) in [6.07, 6.45) is -3.60. The number of nitrogens with zero attached hydrogens (tertiary/aromatic N) is 1. The molecule has 5 nitrogen and oxygen atoms in total. The van der Waals surface area contributed by atoms with E-state index >= 15 is 0 Å². The number of rotatable bonds is 8. The van der Waals surface area contributed by atoms with Crippen LogP contribution in [0.4, 0.5) is 13.2 Å². The van der Waals surface area contributed by atoms with Crippen LogP contribution < -0.4 is 15.4 Å². The number of ether oxygens (including phenoxy) is 1. The van der Waals surface area contributed by atoms with Crippen LogP contribution in [0.2, 0.25) is 0 Å². The molecule has 2 atom stereocenters. The van der Waals surface area contributed by atoms with Crippen molar-refractivity contribution in [1.82, 2.24) is 10.6 Å². The van der Waals surface area contributed by atoms with Crippen molar-refractivity contribution in [2.24, 2.45) is 0 Å². The largest absolute Gasteiger partial charge is 0.497 e. The van der Waals surface area contributed by atoms with Gasteiger partial charge in [-0.2, -0.15) is 18.4 Å². The summed E-state index contributed by atoms with van der Waals surface area (Å²) in [6, 6.07) is 13.0. The average Bonchev–Trinajstić information content (AvgIpc) is 3.51. The Labute approximate surface area is 172 Å². The van der Waals surface area contributed by atoms with E-state index in [-0.39, 0.29) is 12.0 Å². The van der Waals surface area contributed by atoms with E-state index in [4.69, 9.17) is 4.74 Å². The normalized spacial score (nSPS) is 16.8. The third-order valence-corrected chi connectivity index (χ3v) is 5.07. The zero-order chi connectivity index (χ0) is 21.8. The standard InChI is InChI=1S/C22H22F3N3O2/c1-30-17-9-7-15(8-10-17)13-18(20(29)28-21(14-26)11-12-21)27-19(22(23,24)25)16-5-3-2-4-6-16/h2-10,18-19,27H,11-13H2,1H3,(H,28,29)/t18-,19-/m0/s1. The van der Waals surface area contributed by atoms with E-state index in [0.717, 1.165) is 0 Å². The predicted molar refractivity (Wildman–Crippen MR) is 105 cm³/mol. The number of halogens is 3. The minimum atomic E-state index is -4.60. The van der Waals surface area contributed by atoms with Crippen LogP contribution in [-0.4, -0.2) is 30.8 Å². The third-order valence-electron chi connectivity index (χ3n) is 5.07. The number of nitriles is 1. The molecule has 2 N–H and O–H groups in total. The van der Waals surface area contributed by atoms with Crippen molar-refractivity contribution in [3.63, 3.8) is 0 Å². The molecule has 0 saturated heterocycles. The van der Waals surface area contributed by atoms with Crippen LogP contribution in [-0.2, 0) is 11.2 Å². The first-order valence-corrected chi connectivity index (χ1v) is 9.50. The van der Waals surface area contributed by atoms with Gasteiger partial charge >= 0.3 is 6.18 Å². The minimum absolute atomic E-state index is 0.0129. The highest BCUT2D eigenvalue weighted by Gasteiger charge is 2.47. The molecular weight excluding hydrogens is 395 g/mol. The second-order valence-corrected chi connectivity index (χ2v) is 7.34. The Morgan fingerprint density at radius 2 is 1.80 bits per heavy atom. The van der Waals surface area contributed by atoms with E-state index in [1.165, 1.54) is 31.4 Å². The topological polar surface area (TPSA) is 74.2 Å². The lowest BCUT2D eigenvalue weighted by molar-refractivity contribution is -0.160. The monoisotopic (exact) mass is 417 g/mol. The van der Waals surface area contributed by atoms with Crippen LogP contribution in [0.1, 0.15) is 30.0 Å². The van der Waals surface area contributed by atoms with Gasteiger partial charge < -0.3 is 10.1 Å². The van der Waals surface area contributed by atoms with Crippen LogP contribution in [0, 0.1) is 11.3 Å². The smallest absolute Gasteiger partial charge is 0.407 e. The summed E-state index contributed by atoms with van der Waals surface area (Å²) in [5, 5.41) is 14.3. The van der Waals surface area contributed by atoms with Crippen LogP contribution in [0.15, 0.2) is 54.6 Å². The maximum atomic E-state index is 13.8. The maximum absolute atomic E-state index is 13.8. The van der Waals surface area contributed by atoms with Gasteiger partial charge in [0.25, 0.3) is 0 Å². The molecule has 1 aliphatic rings. The quantitative estimate of drug-likeness (QED) is 0.687. The Morgan fingerprint density at radius 1 is 1.17 bits per heavy atom. The molecule has 3 rings (SSSR count). The van der Waals surface area contributed by atoms with Crippen LogP contribution >= 0.6 is 0 Å². The zero-order valence-electron chi connectivity index (χ0n) is 16.4. The molecular formula is C22H22F3N3O2. The van der Waals surface area contributed by atoms with Crippen molar-refractivity contribution in [3.05, 3.63) is 65.7 Å². The molecule has 1 amide bonds. The van der Waals surface area contributed by atoms with Gasteiger partial charge in [-0.1, -0.05) is 42.5 Å². The maximum Gasteiger partial charge on any atom is 0.407 e. The van der Waals surface area contributed by atoms with Gasteiger partial charge in [0.05, 0.1) is 19.2 Å². The number of alkyl halides is 3. The van der Waals surface area contributed by atoms with Crippen LogP contribution in [0.3, 0.4) is 0 Å². The van der Waals surface area contributed by atoms with E-state index in [0.29, 0.717) is 24.2 Å². The van der Waals surface area contributed by atoms with Gasteiger partial charge in [-0.25, -0.2) is 0 Å². The minimum Gasteiger partial charge on any atom is -0.497 e. The highest BCUT2D eigenvalue weighted by Crippen LogP contribution is 2.35. The molecule has 2 aromatic carbocycles. The van der Waals surface area contributed by atoms with Crippen LogP contribution in [0.25, 0.3) is 0 Å². The Morgan fingerprint density at radius 3 is 2.30 bits per heavy atom. The van der Waals surface area contributed by atoms with Crippen molar-refractivity contribution < 1.29 is 22.7 Å². The SMILES string of the molecule is COc1ccc(C[C@H](N[C@@H](c2ccccc2)C(F)(F)F)C(=O)NC2(C#N)CC2)cc1. The summed E-state index contributed by atoms with van der Waals surface area (Å²) in [7, 11) is 1.51. The van der Waals surface area contributed by atoms with Gasteiger partial charge in [-0.05, 0) is 42.5 Å². The summed E-state index contributed by atoms with van der Waals surface area (Å²) < 4.78 is 46.6. The van der Waals surface area contributed by atoms with Crippen molar-refractivity contribution >= 4 is 5.91 Å². The van der Waals surface area contributed by atoms with E-state index < -0.39 is 29.7 Å². The molecule has 1 aliphatic carbocycles. The fourth-order valence-corrected chi connectivity index (χ4v) is 3.16. The summed E-state index contributed by atoms with van der Waals surface area (Å²) in [5.41, 5.74) is -0.296. The molecule has 0 spiro atoms. The Kier molecular flexibility index (Phi) is 6.32.